The molecule has 0 bridgehead atoms. The lowest BCUT2D eigenvalue weighted by Gasteiger charge is -2.20. The zero-order valence-electron chi connectivity index (χ0n) is 9.11. The predicted octanol–water partition coefficient (Wildman–Crippen LogP) is 0.0153. The number of carbonyl (C=O) groups excluding carboxylic acids is 1. The molecule has 1 aliphatic rings. The van der Waals surface area contributed by atoms with E-state index in [1.165, 1.54) is 17.7 Å². The van der Waals surface area contributed by atoms with Crippen LogP contribution in [0.5, 0.6) is 0 Å². The van der Waals surface area contributed by atoms with Crippen LogP contribution in [0.25, 0.3) is 0 Å². The molecule has 1 heterocycles. The molecule has 1 saturated heterocycles. The summed E-state index contributed by atoms with van der Waals surface area (Å²) in [6, 6.07) is 0. The van der Waals surface area contributed by atoms with Gasteiger partial charge in [0.15, 0.2) is 0 Å². The van der Waals surface area contributed by atoms with Crippen LogP contribution in [0.2, 0.25) is 0 Å². The first kappa shape index (κ1) is 12.0. The van der Waals surface area contributed by atoms with Gasteiger partial charge in [0.1, 0.15) is 6.42 Å². The molecule has 0 aromatic carbocycles. The summed E-state index contributed by atoms with van der Waals surface area (Å²) >= 11 is 0. The summed E-state index contributed by atoms with van der Waals surface area (Å²) < 4.78 is 0. The maximum atomic E-state index is 11.3. The van der Waals surface area contributed by atoms with Crippen molar-refractivity contribution in [3.63, 3.8) is 0 Å². The number of likely N-dealkylation sites (N-methyl/N-ethyl adjacent to an activating group) is 1. The Kier molecular flexibility index (Phi) is 4.55. The van der Waals surface area contributed by atoms with Gasteiger partial charge in [-0.1, -0.05) is 0 Å². The number of nitrogens with zero attached hydrogens (tertiary/aromatic N) is 2. The Morgan fingerprint density at radius 1 is 1.33 bits per heavy atom. The summed E-state index contributed by atoms with van der Waals surface area (Å²) in [4.78, 5) is 25.4. The van der Waals surface area contributed by atoms with E-state index in [9.17, 15) is 9.59 Å². The van der Waals surface area contributed by atoms with E-state index in [2.05, 4.69) is 4.90 Å². The van der Waals surface area contributed by atoms with Crippen molar-refractivity contribution in [1.29, 1.82) is 0 Å². The Balaban J connectivity index is 2.19. The van der Waals surface area contributed by atoms with E-state index in [-0.39, 0.29) is 5.91 Å². The molecule has 1 rings (SSSR count). The van der Waals surface area contributed by atoms with Crippen LogP contribution in [0.4, 0.5) is 0 Å². The van der Waals surface area contributed by atoms with E-state index in [1.807, 2.05) is 0 Å². The number of hydrogen-bond acceptors (Lipinski definition) is 3. The standard InChI is InChI=1S/C10H18N2O3/c1-11(9(13)8-10(14)15)6-7-12-4-2-3-5-12/h2-8H2,1H3,(H,14,15). The smallest absolute Gasteiger partial charge is 0.312 e. The first-order valence-corrected chi connectivity index (χ1v) is 5.27. The molecule has 0 unspecified atom stereocenters. The van der Waals surface area contributed by atoms with Gasteiger partial charge in [-0.2, -0.15) is 0 Å². The highest BCUT2D eigenvalue weighted by atomic mass is 16.4. The topological polar surface area (TPSA) is 60.9 Å². The molecule has 0 aliphatic carbocycles. The van der Waals surface area contributed by atoms with Crippen LogP contribution in [0, 0.1) is 0 Å². The van der Waals surface area contributed by atoms with Crippen LogP contribution in [0.1, 0.15) is 19.3 Å². The van der Waals surface area contributed by atoms with Gasteiger partial charge in [-0.05, 0) is 25.9 Å². The van der Waals surface area contributed by atoms with Gasteiger partial charge in [0.25, 0.3) is 0 Å². The van der Waals surface area contributed by atoms with Crippen molar-refractivity contribution in [2.75, 3.05) is 33.2 Å². The molecule has 1 amide bonds. The first-order chi connectivity index (χ1) is 7.09. The fourth-order valence-corrected chi connectivity index (χ4v) is 1.69. The number of aliphatic carboxylic acids is 1. The Morgan fingerprint density at radius 3 is 2.47 bits per heavy atom. The zero-order valence-corrected chi connectivity index (χ0v) is 9.11. The molecular formula is C10H18N2O3. The fourth-order valence-electron chi connectivity index (χ4n) is 1.69. The predicted molar refractivity (Wildman–Crippen MR) is 55.6 cm³/mol. The average molecular weight is 214 g/mol. The third-order valence-electron chi connectivity index (χ3n) is 2.68. The van der Waals surface area contributed by atoms with Crippen molar-refractivity contribution in [2.24, 2.45) is 0 Å². The molecule has 0 aromatic heterocycles. The lowest BCUT2D eigenvalue weighted by molar-refractivity contribution is -0.143. The minimum atomic E-state index is -1.06. The van der Waals surface area contributed by atoms with Gasteiger partial charge in [0, 0.05) is 20.1 Å². The van der Waals surface area contributed by atoms with E-state index >= 15 is 0 Å². The summed E-state index contributed by atoms with van der Waals surface area (Å²) in [6.45, 7) is 3.66. The largest absolute Gasteiger partial charge is 0.481 e. The van der Waals surface area contributed by atoms with Crippen molar-refractivity contribution < 1.29 is 14.7 Å². The Hall–Kier alpha value is -1.10. The maximum absolute atomic E-state index is 11.3. The molecule has 1 aliphatic heterocycles. The second kappa shape index (κ2) is 5.70. The van der Waals surface area contributed by atoms with Crippen molar-refractivity contribution in [3.8, 4) is 0 Å². The van der Waals surface area contributed by atoms with Crippen molar-refractivity contribution in [3.05, 3.63) is 0 Å². The monoisotopic (exact) mass is 214 g/mol. The number of carboxylic acid groups (broad SMARTS) is 1. The van der Waals surface area contributed by atoms with E-state index < -0.39 is 12.4 Å². The first-order valence-electron chi connectivity index (χ1n) is 5.27. The number of amides is 1. The summed E-state index contributed by atoms with van der Waals surface area (Å²) in [5.74, 6) is -1.38. The second-order valence-corrected chi connectivity index (χ2v) is 3.93. The molecule has 5 nitrogen and oxygen atoms in total. The van der Waals surface area contributed by atoms with Gasteiger partial charge in [0.2, 0.25) is 5.91 Å². The number of likely N-dealkylation sites (tertiary alicyclic amines) is 1. The van der Waals surface area contributed by atoms with Crippen molar-refractivity contribution in [2.45, 2.75) is 19.3 Å². The Morgan fingerprint density at radius 2 is 1.93 bits per heavy atom. The van der Waals surface area contributed by atoms with E-state index in [0.29, 0.717) is 6.54 Å². The molecule has 5 heteroatoms. The third kappa shape index (κ3) is 4.29. The molecule has 0 atom stereocenters. The number of rotatable bonds is 5. The highest BCUT2D eigenvalue weighted by molar-refractivity contribution is 5.93. The fraction of sp³-hybridized carbons (Fsp3) is 0.800. The molecule has 0 saturated carbocycles. The average Bonchev–Trinajstić information content (AvgIpc) is 2.65. The zero-order chi connectivity index (χ0) is 11.3. The number of carbonyl (C=O) groups is 2. The van der Waals surface area contributed by atoms with Crippen LogP contribution >= 0.6 is 0 Å². The number of hydrogen-bond donors (Lipinski definition) is 1. The highest BCUT2D eigenvalue weighted by Gasteiger charge is 2.15. The Labute approximate surface area is 89.7 Å². The molecule has 0 spiro atoms. The third-order valence-corrected chi connectivity index (χ3v) is 2.68. The van der Waals surface area contributed by atoms with Crippen molar-refractivity contribution >= 4 is 11.9 Å². The van der Waals surface area contributed by atoms with Gasteiger partial charge in [-0.3, -0.25) is 9.59 Å². The van der Waals surface area contributed by atoms with Crippen LogP contribution in [-0.2, 0) is 9.59 Å². The molecule has 0 aromatic rings. The summed E-state index contributed by atoms with van der Waals surface area (Å²) in [5, 5.41) is 8.45. The van der Waals surface area contributed by atoms with E-state index in [0.717, 1.165) is 19.6 Å². The van der Waals surface area contributed by atoms with Crippen LogP contribution < -0.4 is 0 Å². The summed E-state index contributed by atoms with van der Waals surface area (Å²) in [5.41, 5.74) is 0. The van der Waals surface area contributed by atoms with Crippen LogP contribution in [0.15, 0.2) is 0 Å². The van der Waals surface area contributed by atoms with Gasteiger partial charge >= 0.3 is 5.97 Å². The quantitative estimate of drug-likeness (QED) is 0.655. The molecule has 1 N–H and O–H groups in total. The van der Waals surface area contributed by atoms with E-state index in [4.69, 9.17) is 5.11 Å². The summed E-state index contributed by atoms with van der Waals surface area (Å²) in [7, 11) is 1.65. The second-order valence-electron chi connectivity index (χ2n) is 3.93. The van der Waals surface area contributed by atoms with Crippen molar-refractivity contribution in [1.82, 2.24) is 9.80 Å². The minimum Gasteiger partial charge on any atom is -0.481 e. The lowest BCUT2D eigenvalue weighted by Crippen LogP contribution is -2.35. The maximum Gasteiger partial charge on any atom is 0.312 e. The van der Waals surface area contributed by atoms with Gasteiger partial charge < -0.3 is 14.9 Å². The minimum absolute atomic E-state index is 0.318. The molecular weight excluding hydrogens is 196 g/mol. The van der Waals surface area contributed by atoms with E-state index in [1.54, 1.807) is 7.05 Å². The van der Waals surface area contributed by atoms with Crippen LogP contribution in [0.3, 0.4) is 0 Å². The normalized spacial score (nSPS) is 16.6. The molecule has 1 fully saturated rings. The van der Waals surface area contributed by atoms with Gasteiger partial charge in [-0.15, -0.1) is 0 Å². The van der Waals surface area contributed by atoms with Crippen LogP contribution in [-0.4, -0.2) is 60.0 Å². The number of carboxylic acids is 1. The Bertz CT molecular complexity index is 237. The van der Waals surface area contributed by atoms with Gasteiger partial charge in [-0.25, -0.2) is 0 Å². The molecule has 86 valence electrons. The SMILES string of the molecule is CN(CCN1CCCC1)C(=O)CC(=O)O. The highest BCUT2D eigenvalue weighted by Crippen LogP contribution is 2.06. The lowest BCUT2D eigenvalue weighted by atomic mass is 10.3. The summed E-state index contributed by atoms with van der Waals surface area (Å²) in [6.07, 6.45) is 2.05. The molecule has 15 heavy (non-hydrogen) atoms. The van der Waals surface area contributed by atoms with Gasteiger partial charge in [0.05, 0.1) is 0 Å². The molecule has 0 radical (unpaired) electrons.